The molecule has 1 unspecified atom stereocenters. The second-order valence-electron chi connectivity index (χ2n) is 3.49. The zero-order chi connectivity index (χ0) is 10.8. The van der Waals surface area contributed by atoms with E-state index < -0.39 is 0 Å². The lowest BCUT2D eigenvalue weighted by atomic mass is 10.3. The van der Waals surface area contributed by atoms with Gasteiger partial charge in [-0.05, 0) is 0 Å². The summed E-state index contributed by atoms with van der Waals surface area (Å²) in [4.78, 5) is 8.86. The summed E-state index contributed by atoms with van der Waals surface area (Å²) in [6.45, 7) is 2.41. The van der Waals surface area contributed by atoms with E-state index in [1.165, 1.54) is 0 Å². The van der Waals surface area contributed by atoms with Crippen LogP contribution < -0.4 is 5.32 Å². The molecule has 6 heteroatoms. The highest BCUT2D eigenvalue weighted by molar-refractivity contribution is 7.14. The maximum atomic E-state index is 5.43. The fourth-order valence-electron chi connectivity index (χ4n) is 1.62. The zero-order valence-corrected chi connectivity index (χ0v) is 10.2. The first-order chi connectivity index (χ1) is 7.93. The number of hydrogen-bond donors (Lipinski definition) is 1. The maximum Gasteiger partial charge on any atom is 0.142 e. The second-order valence-corrected chi connectivity index (χ2v) is 5.27. The van der Waals surface area contributed by atoms with Crippen molar-refractivity contribution in [2.75, 3.05) is 19.8 Å². The Morgan fingerprint density at radius 2 is 2.44 bits per heavy atom. The number of hydrogen-bond acceptors (Lipinski definition) is 6. The lowest BCUT2D eigenvalue weighted by Gasteiger charge is -2.21. The van der Waals surface area contributed by atoms with Gasteiger partial charge < -0.3 is 10.1 Å². The third-order valence-corrected chi connectivity index (χ3v) is 4.15. The molecule has 0 aromatic carbocycles. The Balaban J connectivity index is 1.82. The first-order valence-corrected chi connectivity index (χ1v) is 6.86. The van der Waals surface area contributed by atoms with Gasteiger partial charge >= 0.3 is 0 Å². The first kappa shape index (κ1) is 10.3. The summed E-state index contributed by atoms with van der Waals surface area (Å²) in [5.74, 6) is 0. The monoisotopic (exact) mass is 253 g/mol. The minimum atomic E-state index is 0.243. The van der Waals surface area contributed by atoms with Crippen LogP contribution in [0.4, 0.5) is 0 Å². The highest BCUT2D eigenvalue weighted by Crippen LogP contribution is 2.27. The van der Waals surface area contributed by atoms with Gasteiger partial charge in [-0.1, -0.05) is 0 Å². The molecule has 2 aromatic rings. The highest BCUT2D eigenvalue weighted by Gasteiger charge is 2.19. The standard InChI is InChI=1S/C10H11N3OS2/c1-3-14-5-7(11-1)10-13-8(6-16-10)9-12-2-4-15-9/h2,4,6-7,11H,1,3,5H2. The molecule has 0 bridgehead atoms. The molecule has 1 atom stereocenters. The molecule has 3 heterocycles. The van der Waals surface area contributed by atoms with Gasteiger partial charge in [-0.15, -0.1) is 22.7 Å². The smallest absolute Gasteiger partial charge is 0.142 e. The first-order valence-electron chi connectivity index (χ1n) is 5.10. The molecule has 4 nitrogen and oxygen atoms in total. The molecule has 1 saturated heterocycles. The molecule has 0 saturated carbocycles. The quantitative estimate of drug-likeness (QED) is 0.888. The zero-order valence-electron chi connectivity index (χ0n) is 8.55. The number of nitrogens with zero attached hydrogens (tertiary/aromatic N) is 2. The lowest BCUT2D eigenvalue weighted by molar-refractivity contribution is 0.0768. The van der Waals surface area contributed by atoms with Crippen LogP contribution >= 0.6 is 22.7 Å². The minimum absolute atomic E-state index is 0.243. The largest absolute Gasteiger partial charge is 0.378 e. The third-order valence-electron chi connectivity index (χ3n) is 2.39. The van der Waals surface area contributed by atoms with Crippen molar-refractivity contribution in [1.82, 2.24) is 15.3 Å². The summed E-state index contributed by atoms with van der Waals surface area (Å²) in [5.41, 5.74) is 0.974. The number of morpholine rings is 1. The van der Waals surface area contributed by atoms with Crippen LogP contribution in [0.1, 0.15) is 11.0 Å². The molecule has 0 radical (unpaired) electrons. The molecule has 3 rings (SSSR count). The van der Waals surface area contributed by atoms with Gasteiger partial charge in [0.1, 0.15) is 15.7 Å². The van der Waals surface area contributed by atoms with Gasteiger partial charge in [-0.3, -0.25) is 0 Å². The predicted octanol–water partition coefficient (Wildman–Crippen LogP) is 1.93. The van der Waals surface area contributed by atoms with Gasteiger partial charge in [-0.25, -0.2) is 9.97 Å². The summed E-state index contributed by atoms with van der Waals surface area (Å²) in [6, 6.07) is 0.243. The SMILES string of the molecule is c1csc(-c2csc(C3COCCN3)n2)n1. The molecule has 84 valence electrons. The van der Waals surface area contributed by atoms with Gasteiger partial charge in [0.15, 0.2) is 0 Å². The summed E-state index contributed by atoms with van der Waals surface area (Å²) in [6.07, 6.45) is 1.81. The Labute approximate surface area is 101 Å². The van der Waals surface area contributed by atoms with Gasteiger partial charge in [0.05, 0.1) is 19.3 Å². The predicted molar refractivity (Wildman–Crippen MR) is 64.8 cm³/mol. The van der Waals surface area contributed by atoms with Crippen LogP contribution in [0.5, 0.6) is 0 Å². The van der Waals surface area contributed by atoms with E-state index in [0.717, 1.165) is 28.9 Å². The van der Waals surface area contributed by atoms with E-state index in [9.17, 15) is 0 Å². The van der Waals surface area contributed by atoms with Crippen LogP contribution in [0.2, 0.25) is 0 Å². The Morgan fingerprint density at radius 3 is 3.19 bits per heavy atom. The number of nitrogens with one attached hydrogen (secondary N) is 1. The molecule has 16 heavy (non-hydrogen) atoms. The summed E-state index contributed by atoms with van der Waals surface area (Å²) in [5, 5.41) is 9.50. The Kier molecular flexibility index (Phi) is 2.96. The van der Waals surface area contributed by atoms with Gasteiger partial charge in [0, 0.05) is 23.5 Å². The van der Waals surface area contributed by atoms with E-state index >= 15 is 0 Å². The maximum absolute atomic E-state index is 5.43. The molecular formula is C10H11N3OS2. The topological polar surface area (TPSA) is 47.0 Å². The average Bonchev–Trinajstić information content (AvgIpc) is 3.01. The Bertz CT molecular complexity index is 448. The number of rotatable bonds is 2. The third kappa shape index (κ3) is 2.01. The second kappa shape index (κ2) is 4.58. The van der Waals surface area contributed by atoms with E-state index in [1.807, 2.05) is 5.38 Å². The number of ether oxygens (including phenoxy) is 1. The van der Waals surface area contributed by atoms with E-state index in [0.29, 0.717) is 6.61 Å². The van der Waals surface area contributed by atoms with Crippen LogP contribution in [0, 0.1) is 0 Å². The van der Waals surface area contributed by atoms with Crippen LogP contribution in [0.15, 0.2) is 17.0 Å². The van der Waals surface area contributed by atoms with Gasteiger partial charge in [0.25, 0.3) is 0 Å². The van der Waals surface area contributed by atoms with Crippen molar-refractivity contribution in [1.29, 1.82) is 0 Å². The normalized spacial score (nSPS) is 21.1. The van der Waals surface area contributed by atoms with Crippen LogP contribution in [0.3, 0.4) is 0 Å². The molecular weight excluding hydrogens is 242 g/mol. The van der Waals surface area contributed by atoms with Gasteiger partial charge in [0.2, 0.25) is 0 Å². The summed E-state index contributed by atoms with van der Waals surface area (Å²) < 4.78 is 5.43. The van der Waals surface area contributed by atoms with E-state index in [2.05, 4.69) is 20.7 Å². The fourth-order valence-corrected chi connectivity index (χ4v) is 3.16. The molecule has 0 aliphatic carbocycles. The summed E-state index contributed by atoms with van der Waals surface area (Å²) >= 11 is 3.28. The Hall–Kier alpha value is -0.820. The molecule has 0 spiro atoms. The number of thiazole rings is 2. The van der Waals surface area contributed by atoms with Crippen molar-refractivity contribution in [3.05, 3.63) is 22.0 Å². The van der Waals surface area contributed by atoms with Crippen molar-refractivity contribution in [3.8, 4) is 10.7 Å². The molecule has 2 aromatic heterocycles. The van der Waals surface area contributed by atoms with Crippen molar-refractivity contribution < 1.29 is 4.74 Å². The van der Waals surface area contributed by atoms with Crippen molar-refractivity contribution in [2.45, 2.75) is 6.04 Å². The number of aromatic nitrogens is 2. The average molecular weight is 253 g/mol. The van der Waals surface area contributed by atoms with Crippen molar-refractivity contribution in [2.24, 2.45) is 0 Å². The molecule has 1 fully saturated rings. The fraction of sp³-hybridized carbons (Fsp3) is 0.400. The molecule has 1 N–H and O–H groups in total. The van der Waals surface area contributed by atoms with E-state index in [-0.39, 0.29) is 6.04 Å². The van der Waals surface area contributed by atoms with E-state index in [1.54, 1.807) is 28.9 Å². The summed E-state index contributed by atoms with van der Waals surface area (Å²) in [7, 11) is 0. The van der Waals surface area contributed by atoms with Crippen molar-refractivity contribution >= 4 is 22.7 Å². The van der Waals surface area contributed by atoms with E-state index in [4.69, 9.17) is 4.74 Å². The highest BCUT2D eigenvalue weighted by atomic mass is 32.1. The Morgan fingerprint density at radius 1 is 1.44 bits per heavy atom. The molecule has 1 aliphatic heterocycles. The van der Waals surface area contributed by atoms with Crippen molar-refractivity contribution in [3.63, 3.8) is 0 Å². The van der Waals surface area contributed by atoms with Crippen LogP contribution in [-0.2, 0) is 4.74 Å². The lowest BCUT2D eigenvalue weighted by Crippen LogP contribution is -2.34. The molecule has 0 amide bonds. The molecule has 1 aliphatic rings. The van der Waals surface area contributed by atoms with Crippen LogP contribution in [0.25, 0.3) is 10.7 Å². The minimum Gasteiger partial charge on any atom is -0.378 e. The van der Waals surface area contributed by atoms with Gasteiger partial charge in [-0.2, -0.15) is 0 Å². The van der Waals surface area contributed by atoms with Crippen LogP contribution in [-0.4, -0.2) is 29.7 Å².